The van der Waals surface area contributed by atoms with Crippen molar-refractivity contribution in [1.29, 1.82) is 0 Å². The Morgan fingerprint density at radius 1 is 1.23 bits per heavy atom. The predicted octanol–water partition coefficient (Wildman–Crippen LogP) is 1.79. The zero-order valence-electron chi connectivity index (χ0n) is 12.7. The molecule has 0 aromatic heterocycles. The number of likely N-dealkylation sites (tertiary alicyclic amines) is 1. The second-order valence-corrected chi connectivity index (χ2v) is 5.88. The van der Waals surface area contributed by atoms with Crippen molar-refractivity contribution in [3.63, 3.8) is 0 Å². The van der Waals surface area contributed by atoms with Crippen molar-refractivity contribution in [2.75, 3.05) is 36.8 Å². The third-order valence-electron chi connectivity index (χ3n) is 4.16. The highest BCUT2D eigenvalue weighted by molar-refractivity contribution is 6.00. The van der Waals surface area contributed by atoms with Crippen LogP contribution in [0.1, 0.15) is 24.8 Å². The van der Waals surface area contributed by atoms with Crippen molar-refractivity contribution in [2.45, 2.75) is 25.7 Å². The standard InChI is InChI=1S/C16H22N4O2/c21-15-10-12-4-5-13(11-14(12)19-15)18-16(22)17-6-9-20-7-2-1-3-8-20/h4-5,11H,1-3,6-10H2,(H,19,21)(H2,17,18,22). The lowest BCUT2D eigenvalue weighted by atomic mass is 10.1. The van der Waals surface area contributed by atoms with Crippen molar-refractivity contribution in [3.8, 4) is 0 Å². The van der Waals surface area contributed by atoms with E-state index in [1.165, 1.54) is 19.3 Å². The average Bonchev–Trinajstić information content (AvgIpc) is 2.87. The number of carbonyl (C=O) groups excluding carboxylic acids is 2. The van der Waals surface area contributed by atoms with Crippen LogP contribution < -0.4 is 16.0 Å². The SMILES string of the molecule is O=C1Cc2ccc(NC(=O)NCCN3CCCCC3)cc2N1. The summed E-state index contributed by atoms with van der Waals surface area (Å²) in [6, 6.07) is 5.28. The molecule has 3 amide bonds. The van der Waals surface area contributed by atoms with Gasteiger partial charge in [0.2, 0.25) is 5.91 Å². The number of hydrogen-bond donors (Lipinski definition) is 3. The molecule has 2 aliphatic heterocycles. The zero-order valence-corrected chi connectivity index (χ0v) is 12.7. The normalized spacial score (nSPS) is 17.7. The van der Waals surface area contributed by atoms with Gasteiger partial charge in [0.15, 0.2) is 0 Å². The van der Waals surface area contributed by atoms with Crippen molar-refractivity contribution in [2.24, 2.45) is 0 Å². The average molecular weight is 302 g/mol. The molecule has 2 heterocycles. The number of carbonyl (C=O) groups is 2. The van der Waals surface area contributed by atoms with E-state index >= 15 is 0 Å². The van der Waals surface area contributed by atoms with Gasteiger partial charge in [-0.25, -0.2) is 4.79 Å². The molecule has 0 aliphatic carbocycles. The summed E-state index contributed by atoms with van der Waals surface area (Å²) < 4.78 is 0. The molecule has 0 atom stereocenters. The molecule has 3 N–H and O–H groups in total. The molecular formula is C16H22N4O2. The number of nitrogens with one attached hydrogen (secondary N) is 3. The number of nitrogens with zero attached hydrogens (tertiary/aromatic N) is 1. The number of benzene rings is 1. The fourth-order valence-corrected chi connectivity index (χ4v) is 2.98. The van der Waals surface area contributed by atoms with Crippen LogP contribution in [0.4, 0.5) is 16.2 Å². The Bertz CT molecular complexity index is 567. The Morgan fingerprint density at radius 3 is 2.86 bits per heavy atom. The quantitative estimate of drug-likeness (QED) is 0.794. The van der Waals surface area contributed by atoms with Gasteiger partial charge in [0.05, 0.1) is 6.42 Å². The van der Waals surface area contributed by atoms with E-state index in [9.17, 15) is 9.59 Å². The van der Waals surface area contributed by atoms with Gasteiger partial charge in [0.25, 0.3) is 0 Å². The Hall–Kier alpha value is -2.08. The number of fused-ring (bicyclic) bond motifs is 1. The summed E-state index contributed by atoms with van der Waals surface area (Å²) in [7, 11) is 0. The fraction of sp³-hybridized carbons (Fsp3) is 0.500. The molecule has 1 saturated heterocycles. The highest BCUT2D eigenvalue weighted by Crippen LogP contribution is 2.26. The van der Waals surface area contributed by atoms with Gasteiger partial charge < -0.3 is 20.9 Å². The lowest BCUT2D eigenvalue weighted by Gasteiger charge is -2.26. The van der Waals surface area contributed by atoms with Crippen molar-refractivity contribution in [3.05, 3.63) is 23.8 Å². The van der Waals surface area contributed by atoms with E-state index in [0.29, 0.717) is 18.7 Å². The summed E-state index contributed by atoms with van der Waals surface area (Å²) in [5, 5.41) is 8.46. The second kappa shape index (κ2) is 6.79. The molecule has 3 rings (SSSR count). The van der Waals surface area contributed by atoms with Gasteiger partial charge in [-0.2, -0.15) is 0 Å². The van der Waals surface area contributed by atoms with Crippen LogP contribution in [-0.2, 0) is 11.2 Å². The summed E-state index contributed by atoms with van der Waals surface area (Å²) in [5.74, 6) is -0.00173. The van der Waals surface area contributed by atoms with Crippen LogP contribution in [0.5, 0.6) is 0 Å². The molecule has 0 saturated carbocycles. The third kappa shape index (κ3) is 3.76. The van der Waals surface area contributed by atoms with Crippen LogP contribution in [0.25, 0.3) is 0 Å². The molecule has 2 aliphatic rings. The summed E-state index contributed by atoms with van der Waals surface area (Å²) in [6.45, 7) is 3.81. The molecule has 1 aromatic rings. The topological polar surface area (TPSA) is 73.5 Å². The van der Waals surface area contributed by atoms with Crippen LogP contribution in [-0.4, -0.2) is 43.0 Å². The molecule has 22 heavy (non-hydrogen) atoms. The van der Waals surface area contributed by atoms with Crippen LogP contribution >= 0.6 is 0 Å². The minimum absolute atomic E-state index is 0.00173. The maximum absolute atomic E-state index is 11.9. The van der Waals surface area contributed by atoms with Crippen molar-refractivity contribution >= 4 is 23.3 Å². The largest absolute Gasteiger partial charge is 0.337 e. The van der Waals surface area contributed by atoms with Crippen LogP contribution in [0.3, 0.4) is 0 Å². The van der Waals surface area contributed by atoms with E-state index < -0.39 is 0 Å². The highest BCUT2D eigenvalue weighted by Gasteiger charge is 2.17. The minimum atomic E-state index is -0.207. The number of anilines is 2. The fourth-order valence-electron chi connectivity index (χ4n) is 2.98. The van der Waals surface area contributed by atoms with Gasteiger partial charge in [0, 0.05) is 24.5 Å². The first kappa shape index (κ1) is 14.8. The Labute approximate surface area is 130 Å². The van der Waals surface area contributed by atoms with E-state index in [-0.39, 0.29) is 11.9 Å². The van der Waals surface area contributed by atoms with Gasteiger partial charge in [-0.1, -0.05) is 12.5 Å². The monoisotopic (exact) mass is 302 g/mol. The van der Waals surface area contributed by atoms with Crippen molar-refractivity contribution < 1.29 is 9.59 Å². The molecule has 6 heteroatoms. The van der Waals surface area contributed by atoms with E-state index in [0.717, 1.165) is 30.9 Å². The number of amides is 3. The molecule has 6 nitrogen and oxygen atoms in total. The maximum Gasteiger partial charge on any atom is 0.319 e. The smallest absolute Gasteiger partial charge is 0.319 e. The lowest BCUT2D eigenvalue weighted by Crippen LogP contribution is -2.39. The third-order valence-corrected chi connectivity index (χ3v) is 4.16. The second-order valence-electron chi connectivity index (χ2n) is 5.88. The van der Waals surface area contributed by atoms with Gasteiger partial charge in [-0.05, 0) is 43.6 Å². The first-order valence-electron chi connectivity index (χ1n) is 7.91. The number of urea groups is 1. The molecule has 1 aromatic carbocycles. The maximum atomic E-state index is 11.9. The minimum Gasteiger partial charge on any atom is -0.337 e. The molecule has 118 valence electrons. The van der Waals surface area contributed by atoms with Gasteiger partial charge >= 0.3 is 6.03 Å². The first-order chi connectivity index (χ1) is 10.7. The van der Waals surface area contributed by atoms with E-state index in [4.69, 9.17) is 0 Å². The number of piperidine rings is 1. The van der Waals surface area contributed by atoms with Gasteiger partial charge in [0.1, 0.15) is 0 Å². The van der Waals surface area contributed by atoms with E-state index in [1.807, 2.05) is 12.1 Å². The number of hydrogen-bond acceptors (Lipinski definition) is 3. The first-order valence-corrected chi connectivity index (χ1v) is 7.91. The Morgan fingerprint density at radius 2 is 2.05 bits per heavy atom. The molecule has 0 unspecified atom stereocenters. The van der Waals surface area contributed by atoms with E-state index in [1.54, 1.807) is 6.07 Å². The molecule has 0 spiro atoms. The molecule has 0 radical (unpaired) electrons. The molecule has 1 fully saturated rings. The summed E-state index contributed by atoms with van der Waals surface area (Å²) in [6.07, 6.45) is 4.25. The van der Waals surface area contributed by atoms with Gasteiger partial charge in [-0.3, -0.25) is 4.79 Å². The van der Waals surface area contributed by atoms with Crippen LogP contribution in [0, 0.1) is 0 Å². The predicted molar refractivity (Wildman–Crippen MR) is 86.1 cm³/mol. The number of rotatable bonds is 4. The van der Waals surface area contributed by atoms with E-state index in [2.05, 4.69) is 20.9 Å². The lowest BCUT2D eigenvalue weighted by molar-refractivity contribution is -0.115. The Balaban J connectivity index is 1.44. The zero-order chi connectivity index (χ0) is 15.4. The summed E-state index contributed by atoms with van der Waals surface area (Å²) in [4.78, 5) is 25.6. The van der Waals surface area contributed by atoms with Crippen LogP contribution in [0.15, 0.2) is 18.2 Å². The molecular weight excluding hydrogens is 280 g/mol. The molecule has 0 bridgehead atoms. The van der Waals surface area contributed by atoms with Crippen LogP contribution in [0.2, 0.25) is 0 Å². The summed E-state index contributed by atoms with van der Waals surface area (Å²) >= 11 is 0. The summed E-state index contributed by atoms with van der Waals surface area (Å²) in [5.41, 5.74) is 2.45. The van der Waals surface area contributed by atoms with Gasteiger partial charge in [-0.15, -0.1) is 0 Å². The highest BCUT2D eigenvalue weighted by atomic mass is 16.2. The van der Waals surface area contributed by atoms with Crippen molar-refractivity contribution in [1.82, 2.24) is 10.2 Å². The Kier molecular flexibility index (Phi) is 4.58.